The predicted octanol–water partition coefficient (Wildman–Crippen LogP) is 3.75. The molecule has 1 aromatic carbocycles. The molecule has 6 heteroatoms. The number of benzene rings is 1. The van der Waals surface area contributed by atoms with Gasteiger partial charge in [0, 0.05) is 18.8 Å². The highest BCUT2D eigenvalue weighted by molar-refractivity contribution is 6.03. The Morgan fingerprint density at radius 3 is 2.19 bits per heavy atom. The smallest absolute Gasteiger partial charge is 0.337 e. The molecule has 26 heavy (non-hydrogen) atoms. The minimum atomic E-state index is -0.413. The lowest BCUT2D eigenvalue weighted by Gasteiger charge is -2.23. The average molecular weight is 355 g/mol. The van der Waals surface area contributed by atoms with Crippen LogP contribution in [0.1, 0.15) is 47.5 Å². The van der Waals surface area contributed by atoms with Crippen molar-refractivity contribution in [1.82, 2.24) is 4.98 Å². The van der Waals surface area contributed by atoms with E-state index in [-0.39, 0.29) is 5.91 Å². The van der Waals surface area contributed by atoms with Crippen molar-refractivity contribution >= 4 is 23.3 Å². The third kappa shape index (κ3) is 5.05. The van der Waals surface area contributed by atoms with E-state index in [9.17, 15) is 9.59 Å². The molecule has 1 heterocycles. The van der Waals surface area contributed by atoms with Crippen molar-refractivity contribution in [2.24, 2.45) is 0 Å². The highest BCUT2D eigenvalue weighted by Gasteiger charge is 2.11. The Morgan fingerprint density at radius 1 is 1.04 bits per heavy atom. The number of amides is 1. The Kier molecular flexibility index (Phi) is 7.14. The first-order valence-electron chi connectivity index (χ1n) is 8.79. The molecule has 0 radical (unpaired) electrons. The maximum Gasteiger partial charge on any atom is 0.337 e. The Hall–Kier alpha value is -2.89. The second-order valence-corrected chi connectivity index (χ2v) is 5.91. The largest absolute Gasteiger partial charge is 0.465 e. The van der Waals surface area contributed by atoms with Crippen LogP contribution in [0.3, 0.4) is 0 Å². The SMILES string of the molecule is CCCN(CCC)c1ccc(C(=O)Nc2ccc(C(=O)OC)cc2)nc1. The van der Waals surface area contributed by atoms with Crippen LogP contribution < -0.4 is 10.2 Å². The minimum Gasteiger partial charge on any atom is -0.465 e. The van der Waals surface area contributed by atoms with Crippen molar-refractivity contribution < 1.29 is 14.3 Å². The number of nitrogens with one attached hydrogen (secondary N) is 1. The first-order valence-corrected chi connectivity index (χ1v) is 8.79. The number of hydrogen-bond donors (Lipinski definition) is 1. The van der Waals surface area contributed by atoms with Crippen molar-refractivity contribution in [1.29, 1.82) is 0 Å². The summed E-state index contributed by atoms with van der Waals surface area (Å²) in [5, 5.41) is 2.77. The average Bonchev–Trinajstić information content (AvgIpc) is 2.68. The Morgan fingerprint density at radius 2 is 1.69 bits per heavy atom. The Labute approximate surface area is 154 Å². The van der Waals surface area contributed by atoms with E-state index in [1.807, 2.05) is 6.07 Å². The maximum atomic E-state index is 12.3. The van der Waals surface area contributed by atoms with Gasteiger partial charge in [0.2, 0.25) is 0 Å². The minimum absolute atomic E-state index is 0.292. The number of aromatic nitrogens is 1. The van der Waals surface area contributed by atoms with Gasteiger partial charge >= 0.3 is 5.97 Å². The van der Waals surface area contributed by atoms with Crippen LogP contribution in [0.15, 0.2) is 42.6 Å². The van der Waals surface area contributed by atoms with Crippen LogP contribution in [0.5, 0.6) is 0 Å². The predicted molar refractivity (Wildman–Crippen MR) is 103 cm³/mol. The van der Waals surface area contributed by atoms with Crippen LogP contribution in [0, 0.1) is 0 Å². The summed E-state index contributed by atoms with van der Waals surface area (Å²) in [5.41, 5.74) is 2.39. The molecule has 6 nitrogen and oxygen atoms in total. The van der Waals surface area contributed by atoms with E-state index < -0.39 is 5.97 Å². The molecule has 138 valence electrons. The number of carbonyl (C=O) groups is 2. The zero-order valence-corrected chi connectivity index (χ0v) is 15.5. The number of carbonyl (C=O) groups excluding carboxylic acids is 2. The van der Waals surface area contributed by atoms with Crippen LogP contribution in [-0.4, -0.2) is 37.1 Å². The fourth-order valence-corrected chi connectivity index (χ4v) is 2.62. The quantitative estimate of drug-likeness (QED) is 0.730. The second kappa shape index (κ2) is 9.56. The summed E-state index contributed by atoms with van der Waals surface area (Å²) in [6.07, 6.45) is 3.86. The molecule has 1 N–H and O–H groups in total. The first-order chi connectivity index (χ1) is 12.6. The van der Waals surface area contributed by atoms with Crippen LogP contribution in [0.2, 0.25) is 0 Å². The summed E-state index contributed by atoms with van der Waals surface area (Å²) in [7, 11) is 1.33. The normalized spacial score (nSPS) is 10.3. The van der Waals surface area contributed by atoms with Crippen molar-refractivity contribution in [3.8, 4) is 0 Å². The van der Waals surface area contributed by atoms with E-state index in [0.717, 1.165) is 31.6 Å². The number of nitrogens with zero attached hydrogens (tertiary/aromatic N) is 2. The molecule has 0 unspecified atom stereocenters. The van der Waals surface area contributed by atoms with Gasteiger partial charge in [-0.05, 0) is 49.2 Å². The summed E-state index contributed by atoms with van der Waals surface area (Å²) in [4.78, 5) is 30.3. The van der Waals surface area contributed by atoms with Crippen molar-refractivity contribution in [2.75, 3.05) is 30.4 Å². The number of ether oxygens (including phenoxy) is 1. The number of esters is 1. The molecule has 1 amide bonds. The van der Waals surface area contributed by atoms with Crippen LogP contribution in [0.4, 0.5) is 11.4 Å². The molecule has 0 spiro atoms. The molecule has 0 fully saturated rings. The van der Waals surface area contributed by atoms with Gasteiger partial charge in [0.05, 0.1) is 24.6 Å². The van der Waals surface area contributed by atoms with Crippen molar-refractivity contribution in [2.45, 2.75) is 26.7 Å². The van der Waals surface area contributed by atoms with Gasteiger partial charge < -0.3 is 15.0 Å². The Bertz CT molecular complexity index is 721. The van der Waals surface area contributed by atoms with Crippen LogP contribution in [0.25, 0.3) is 0 Å². The molecule has 0 aliphatic heterocycles. The molecule has 0 atom stereocenters. The van der Waals surface area contributed by atoms with E-state index in [4.69, 9.17) is 0 Å². The van der Waals surface area contributed by atoms with Crippen LogP contribution >= 0.6 is 0 Å². The number of pyridine rings is 1. The topological polar surface area (TPSA) is 71.5 Å². The van der Waals surface area contributed by atoms with Gasteiger partial charge in [0.15, 0.2) is 0 Å². The highest BCUT2D eigenvalue weighted by atomic mass is 16.5. The number of methoxy groups -OCH3 is 1. The monoisotopic (exact) mass is 355 g/mol. The maximum absolute atomic E-state index is 12.3. The molecule has 0 aliphatic carbocycles. The van der Waals surface area contributed by atoms with Gasteiger partial charge in [0.1, 0.15) is 5.69 Å². The fraction of sp³-hybridized carbons (Fsp3) is 0.350. The molecule has 0 bridgehead atoms. The standard InChI is InChI=1S/C20H25N3O3/c1-4-12-23(13-5-2)17-10-11-18(21-14-17)19(24)22-16-8-6-15(7-9-16)20(25)26-3/h6-11,14H,4-5,12-13H2,1-3H3,(H,22,24). The van der Waals surface area contributed by atoms with Gasteiger partial charge in [-0.25, -0.2) is 9.78 Å². The van der Waals surface area contributed by atoms with Gasteiger partial charge in [-0.2, -0.15) is 0 Å². The summed E-state index contributed by atoms with van der Waals surface area (Å²) in [5.74, 6) is -0.705. The van der Waals surface area contributed by atoms with E-state index in [0.29, 0.717) is 16.9 Å². The van der Waals surface area contributed by atoms with E-state index >= 15 is 0 Å². The third-order valence-electron chi connectivity index (χ3n) is 3.90. The van der Waals surface area contributed by atoms with E-state index in [1.165, 1.54) is 7.11 Å². The summed E-state index contributed by atoms with van der Waals surface area (Å²) >= 11 is 0. The van der Waals surface area contributed by atoms with Crippen LogP contribution in [-0.2, 0) is 4.74 Å². The van der Waals surface area contributed by atoms with Crippen molar-refractivity contribution in [3.63, 3.8) is 0 Å². The number of anilines is 2. The third-order valence-corrected chi connectivity index (χ3v) is 3.90. The molecule has 2 aromatic rings. The van der Waals surface area contributed by atoms with Gasteiger partial charge in [-0.1, -0.05) is 13.8 Å². The summed E-state index contributed by atoms with van der Waals surface area (Å²) in [6, 6.07) is 10.2. The highest BCUT2D eigenvalue weighted by Crippen LogP contribution is 2.16. The van der Waals surface area contributed by atoms with E-state index in [2.05, 4.69) is 33.8 Å². The summed E-state index contributed by atoms with van der Waals surface area (Å²) in [6.45, 7) is 6.22. The second-order valence-electron chi connectivity index (χ2n) is 5.91. The number of hydrogen-bond acceptors (Lipinski definition) is 5. The zero-order chi connectivity index (χ0) is 18.9. The molecule has 1 aromatic heterocycles. The molecule has 0 aliphatic rings. The van der Waals surface area contributed by atoms with Gasteiger partial charge in [0.25, 0.3) is 5.91 Å². The molecule has 0 saturated carbocycles. The molecular formula is C20H25N3O3. The summed E-state index contributed by atoms with van der Waals surface area (Å²) < 4.78 is 4.65. The lowest BCUT2D eigenvalue weighted by molar-refractivity contribution is 0.0600. The molecule has 2 rings (SSSR count). The van der Waals surface area contributed by atoms with Gasteiger partial charge in [-0.3, -0.25) is 4.79 Å². The van der Waals surface area contributed by atoms with Crippen molar-refractivity contribution in [3.05, 3.63) is 53.9 Å². The lowest BCUT2D eigenvalue weighted by atomic mass is 10.2. The number of rotatable bonds is 8. The van der Waals surface area contributed by atoms with Gasteiger partial charge in [-0.15, -0.1) is 0 Å². The Balaban J connectivity index is 2.04. The lowest BCUT2D eigenvalue weighted by Crippen LogP contribution is -2.25. The zero-order valence-electron chi connectivity index (χ0n) is 15.5. The fourth-order valence-electron chi connectivity index (χ4n) is 2.62. The molecule has 0 saturated heterocycles. The van der Waals surface area contributed by atoms with E-state index in [1.54, 1.807) is 36.5 Å². The molecular weight excluding hydrogens is 330 g/mol. The first kappa shape index (κ1) is 19.4.